The number of hydrogen-bond acceptors (Lipinski definition) is 2. The summed E-state index contributed by atoms with van der Waals surface area (Å²) in [5.41, 5.74) is -1.48. The Morgan fingerprint density at radius 1 is 0.422 bits per heavy atom. The average Bonchev–Trinajstić information content (AvgIpc) is 3.79. The Morgan fingerprint density at radius 2 is 0.778 bits per heavy atom. The van der Waals surface area contributed by atoms with Crippen LogP contribution in [0.25, 0.3) is 68.6 Å². The van der Waals surface area contributed by atoms with Crippen molar-refractivity contribution in [1.29, 1.82) is 0 Å². The van der Waals surface area contributed by atoms with Crippen LogP contribution in [-0.2, 0) is 28.8 Å². The topological polar surface area (TPSA) is 54.0 Å². The number of aromatic nitrogens is 4. The quantitative estimate of drug-likeness (QED) is 0.138. The fourth-order valence-electron chi connectivity index (χ4n) is 5.47. The van der Waals surface area contributed by atoms with Crippen LogP contribution in [0.5, 0.6) is 0 Å². The first-order chi connectivity index (χ1) is 21.1. The van der Waals surface area contributed by atoms with Crippen molar-refractivity contribution >= 4 is 46.4 Å². The van der Waals surface area contributed by atoms with Gasteiger partial charge in [0.25, 0.3) is 0 Å². The van der Waals surface area contributed by atoms with Crippen LogP contribution in [0.2, 0.25) is 0 Å². The Morgan fingerprint density at radius 3 is 1.16 bits per heavy atom. The Hall–Kier alpha value is -4.89. The summed E-state index contributed by atoms with van der Waals surface area (Å²) in [6.45, 7) is 0. The van der Waals surface area contributed by atoms with Gasteiger partial charge in [0.2, 0.25) is 0 Å². The van der Waals surface area contributed by atoms with Crippen molar-refractivity contribution in [2.45, 2.75) is 12.4 Å². The summed E-state index contributed by atoms with van der Waals surface area (Å²) in [5.74, 6) is 0. The van der Waals surface area contributed by atoms with Crippen LogP contribution in [0.3, 0.4) is 0 Å². The van der Waals surface area contributed by atoms with Crippen molar-refractivity contribution < 1.29 is 42.8 Å². The second-order valence-corrected chi connectivity index (χ2v) is 10.1. The van der Waals surface area contributed by atoms with Crippen molar-refractivity contribution in [2.24, 2.45) is 0 Å². The van der Waals surface area contributed by atoms with E-state index in [0.717, 1.165) is 0 Å². The number of nitrogens with zero attached hydrogens (tertiary/aromatic N) is 4. The van der Waals surface area contributed by atoms with Gasteiger partial charge in [-0.15, -0.1) is 22.1 Å². The molecule has 8 bridgehead atoms. The predicted molar refractivity (Wildman–Crippen MR) is 158 cm³/mol. The van der Waals surface area contributed by atoms with Gasteiger partial charge in [-0.2, -0.15) is 26.3 Å². The average molecular weight is 655 g/mol. The Bertz CT molecular complexity index is 2000. The molecule has 3 aromatic heterocycles. The molecule has 0 amide bonds. The maximum atomic E-state index is 14.7. The van der Waals surface area contributed by atoms with Gasteiger partial charge in [-0.3, -0.25) is 0 Å². The van der Waals surface area contributed by atoms with Crippen LogP contribution in [0.4, 0.5) is 26.3 Å². The van der Waals surface area contributed by atoms with Crippen LogP contribution in [-0.4, -0.2) is 9.97 Å². The third-order valence-electron chi connectivity index (χ3n) is 7.30. The molecular weight excluding hydrogens is 637 g/mol. The van der Waals surface area contributed by atoms with Crippen molar-refractivity contribution in [3.05, 3.63) is 119 Å². The molecule has 0 saturated heterocycles. The second kappa shape index (κ2) is 11.2. The first kappa shape index (κ1) is 30.2. The minimum atomic E-state index is -4.82. The number of rotatable bonds is 2. The van der Waals surface area contributed by atoms with Gasteiger partial charge in [-0.05, 0) is 46.6 Å². The molecule has 2 aliphatic rings. The van der Waals surface area contributed by atoms with Gasteiger partial charge in [0.1, 0.15) is 5.56 Å². The molecule has 0 atom stereocenters. The summed E-state index contributed by atoms with van der Waals surface area (Å²) in [5, 5.41) is 0. The number of halogens is 6. The monoisotopic (exact) mass is 654 g/mol. The summed E-state index contributed by atoms with van der Waals surface area (Å²) < 4.78 is 87.9. The third kappa shape index (κ3) is 5.48. The minimum Gasteiger partial charge on any atom is -0.657 e. The van der Waals surface area contributed by atoms with Crippen molar-refractivity contribution in [3.8, 4) is 22.3 Å². The zero-order valence-electron chi connectivity index (χ0n) is 22.8. The molecule has 11 heteroatoms. The normalized spacial score (nSPS) is 12.8. The maximum absolute atomic E-state index is 14.7. The smallest absolute Gasteiger partial charge is 0.657 e. The summed E-state index contributed by atoms with van der Waals surface area (Å²) in [4.78, 5) is 17.4. The fraction of sp³-hybridized carbons (Fsp3) is 0.0588. The minimum absolute atomic E-state index is 0. The van der Waals surface area contributed by atoms with E-state index in [2.05, 4.69) is 19.9 Å². The molecule has 0 spiro atoms. The number of benzene rings is 2. The molecule has 0 unspecified atom stereocenters. The van der Waals surface area contributed by atoms with Crippen LogP contribution in [0.1, 0.15) is 33.9 Å². The Kier molecular flexibility index (Phi) is 7.53. The summed E-state index contributed by atoms with van der Waals surface area (Å²) in [7, 11) is 0. The van der Waals surface area contributed by atoms with E-state index >= 15 is 0 Å². The number of hydrogen-bond donors (Lipinski definition) is 0. The standard InChI is InChI=1S/C34H18F6N4.Ni/c35-33(36,37)31-25-15-11-21(41-25)29(19-7-3-1-4-8-19)22-12-16-26(42-22)32(34(38,39)40)28-18-14-24(44-28)30(20-9-5-2-6-10-20)23-13-17-27(31)43-23;/h1-18H;/q-2;+2. The fourth-order valence-corrected chi connectivity index (χ4v) is 5.47. The number of alkyl halides is 6. The zero-order valence-corrected chi connectivity index (χ0v) is 23.8. The Balaban J connectivity index is 0.00000357. The zero-order chi connectivity index (χ0) is 30.6. The molecule has 4 nitrogen and oxygen atoms in total. The maximum Gasteiger partial charge on any atom is 2.00 e. The van der Waals surface area contributed by atoms with Gasteiger partial charge in [-0.1, -0.05) is 84.9 Å². The molecule has 7 rings (SSSR count). The molecule has 2 aliphatic heterocycles. The van der Waals surface area contributed by atoms with Crippen LogP contribution >= 0.6 is 0 Å². The van der Waals surface area contributed by atoms with Gasteiger partial charge >= 0.3 is 28.8 Å². The van der Waals surface area contributed by atoms with Gasteiger partial charge < -0.3 is 9.97 Å². The first-order valence-corrected chi connectivity index (χ1v) is 13.4. The van der Waals surface area contributed by atoms with Gasteiger partial charge in [0.05, 0.1) is 22.8 Å². The third-order valence-corrected chi connectivity index (χ3v) is 7.30. The molecule has 0 aliphatic carbocycles. The summed E-state index contributed by atoms with van der Waals surface area (Å²) >= 11 is 0. The van der Waals surface area contributed by atoms with Crippen LogP contribution in [0.15, 0.2) is 84.9 Å². The molecule has 5 heterocycles. The molecule has 5 aromatic rings. The van der Waals surface area contributed by atoms with Crippen LogP contribution < -0.4 is 9.97 Å². The second-order valence-electron chi connectivity index (χ2n) is 10.1. The molecule has 2 aromatic carbocycles. The van der Waals surface area contributed by atoms with E-state index in [0.29, 0.717) is 11.1 Å². The van der Waals surface area contributed by atoms with Crippen molar-refractivity contribution in [2.75, 3.05) is 0 Å². The molecule has 45 heavy (non-hydrogen) atoms. The van der Waals surface area contributed by atoms with E-state index in [-0.39, 0.29) is 72.5 Å². The number of fused-ring (bicyclic) bond motifs is 8. The molecule has 0 radical (unpaired) electrons. The van der Waals surface area contributed by atoms with E-state index in [4.69, 9.17) is 0 Å². The van der Waals surface area contributed by atoms with Crippen LogP contribution in [0, 0.1) is 0 Å². The molecular formula is C34H18F6N4Ni. The van der Waals surface area contributed by atoms with Gasteiger partial charge in [-0.25, -0.2) is 9.97 Å². The van der Waals surface area contributed by atoms with E-state index in [1.165, 1.54) is 48.6 Å². The van der Waals surface area contributed by atoms with E-state index in [1.54, 1.807) is 60.7 Å². The Labute approximate surface area is 262 Å². The predicted octanol–water partition coefficient (Wildman–Crippen LogP) is 9.28. The molecule has 0 N–H and O–H groups in total. The van der Waals surface area contributed by atoms with E-state index < -0.39 is 23.5 Å². The SMILES string of the molecule is FC(F)(F)c1c2nc(c(-c3ccccc3)c3ccc([n-]3)c(C(F)(F)F)c3ccc([n-]3)c(-c3ccccc3)c3nc1C=C3)C=C2.[Ni+2]. The van der Waals surface area contributed by atoms with Gasteiger partial charge in [0.15, 0.2) is 0 Å². The molecule has 0 saturated carbocycles. The van der Waals surface area contributed by atoms with E-state index in [9.17, 15) is 26.3 Å². The first-order valence-electron chi connectivity index (χ1n) is 13.4. The van der Waals surface area contributed by atoms with Crippen molar-refractivity contribution in [1.82, 2.24) is 19.9 Å². The summed E-state index contributed by atoms with van der Waals surface area (Å²) in [6.07, 6.45) is -4.37. The molecule has 226 valence electrons. The largest absolute Gasteiger partial charge is 2.00 e. The summed E-state index contributed by atoms with van der Waals surface area (Å²) in [6, 6.07) is 22.4. The molecule has 0 fully saturated rings. The van der Waals surface area contributed by atoms with E-state index in [1.807, 2.05) is 0 Å². The van der Waals surface area contributed by atoms with Gasteiger partial charge in [0, 0.05) is 5.56 Å². The van der Waals surface area contributed by atoms with Crippen molar-refractivity contribution in [3.63, 3.8) is 0 Å².